The summed E-state index contributed by atoms with van der Waals surface area (Å²) in [5.74, 6) is 0.843. The lowest BCUT2D eigenvalue weighted by Gasteiger charge is -2.11. The SMILES string of the molecule is CNCc1cc(Cl)ccc1OCCCC(=O)NC. The van der Waals surface area contributed by atoms with Gasteiger partial charge in [0, 0.05) is 30.6 Å². The van der Waals surface area contributed by atoms with Gasteiger partial charge in [0.05, 0.1) is 6.61 Å². The number of benzene rings is 1. The molecule has 1 rings (SSSR count). The average Bonchev–Trinajstić information content (AvgIpc) is 2.36. The molecule has 18 heavy (non-hydrogen) atoms. The summed E-state index contributed by atoms with van der Waals surface area (Å²) in [7, 11) is 3.50. The molecule has 1 amide bonds. The maximum atomic E-state index is 11.0. The Labute approximate surface area is 113 Å². The summed E-state index contributed by atoms with van der Waals surface area (Å²) in [6.45, 7) is 1.22. The number of amides is 1. The molecular formula is C13H19ClN2O2. The van der Waals surface area contributed by atoms with Gasteiger partial charge in [0.15, 0.2) is 0 Å². The van der Waals surface area contributed by atoms with Crippen LogP contribution in [0.5, 0.6) is 5.75 Å². The molecule has 0 aliphatic carbocycles. The Hall–Kier alpha value is -1.26. The van der Waals surface area contributed by atoms with E-state index in [0.717, 1.165) is 11.3 Å². The predicted molar refractivity (Wildman–Crippen MR) is 73.0 cm³/mol. The van der Waals surface area contributed by atoms with Crippen molar-refractivity contribution >= 4 is 17.5 Å². The Morgan fingerprint density at radius 2 is 2.17 bits per heavy atom. The number of carbonyl (C=O) groups is 1. The lowest BCUT2D eigenvalue weighted by Crippen LogP contribution is -2.18. The maximum Gasteiger partial charge on any atom is 0.219 e. The van der Waals surface area contributed by atoms with Gasteiger partial charge in [0.25, 0.3) is 0 Å². The molecule has 0 bridgehead atoms. The fourth-order valence-electron chi connectivity index (χ4n) is 1.56. The van der Waals surface area contributed by atoms with Gasteiger partial charge in [-0.05, 0) is 31.7 Å². The minimum atomic E-state index is 0.0326. The molecule has 0 saturated heterocycles. The summed E-state index contributed by atoms with van der Waals surface area (Å²) in [6.07, 6.45) is 1.17. The standard InChI is InChI=1S/C13H19ClN2O2/c1-15-9-10-8-11(14)5-6-12(10)18-7-3-4-13(17)16-2/h5-6,8,15H,3-4,7,9H2,1-2H3,(H,16,17). The molecular weight excluding hydrogens is 252 g/mol. The third-order valence-corrected chi connectivity index (χ3v) is 2.71. The van der Waals surface area contributed by atoms with Crippen LogP contribution in [0.15, 0.2) is 18.2 Å². The summed E-state index contributed by atoms with van der Waals surface area (Å²) >= 11 is 5.94. The molecule has 4 nitrogen and oxygen atoms in total. The molecule has 0 atom stereocenters. The highest BCUT2D eigenvalue weighted by Crippen LogP contribution is 2.23. The second kappa shape index (κ2) is 7.95. The summed E-state index contributed by atoms with van der Waals surface area (Å²) in [5.41, 5.74) is 1.02. The summed E-state index contributed by atoms with van der Waals surface area (Å²) in [5, 5.41) is 6.34. The molecule has 0 aliphatic heterocycles. The van der Waals surface area contributed by atoms with Crippen LogP contribution in [0.25, 0.3) is 0 Å². The van der Waals surface area contributed by atoms with Crippen LogP contribution >= 0.6 is 11.6 Å². The first-order chi connectivity index (χ1) is 8.67. The highest BCUT2D eigenvalue weighted by atomic mass is 35.5. The van der Waals surface area contributed by atoms with Crippen molar-refractivity contribution < 1.29 is 9.53 Å². The lowest BCUT2D eigenvalue weighted by atomic mass is 10.2. The highest BCUT2D eigenvalue weighted by Gasteiger charge is 2.04. The largest absolute Gasteiger partial charge is 0.493 e. The van der Waals surface area contributed by atoms with Crippen molar-refractivity contribution in [3.05, 3.63) is 28.8 Å². The van der Waals surface area contributed by atoms with Crippen LogP contribution in [0.4, 0.5) is 0 Å². The van der Waals surface area contributed by atoms with Crippen LogP contribution in [0, 0.1) is 0 Å². The zero-order valence-corrected chi connectivity index (χ0v) is 11.5. The monoisotopic (exact) mass is 270 g/mol. The Morgan fingerprint density at radius 1 is 1.39 bits per heavy atom. The average molecular weight is 271 g/mol. The number of carbonyl (C=O) groups excluding carboxylic acids is 1. The van der Waals surface area contributed by atoms with Crippen LogP contribution in [0.2, 0.25) is 5.02 Å². The highest BCUT2D eigenvalue weighted by molar-refractivity contribution is 6.30. The number of hydrogen-bond donors (Lipinski definition) is 2. The smallest absolute Gasteiger partial charge is 0.219 e. The van der Waals surface area contributed by atoms with Gasteiger partial charge in [-0.2, -0.15) is 0 Å². The first-order valence-electron chi connectivity index (χ1n) is 5.93. The summed E-state index contributed by atoms with van der Waals surface area (Å²) in [4.78, 5) is 11.0. The lowest BCUT2D eigenvalue weighted by molar-refractivity contribution is -0.120. The Balaban J connectivity index is 2.48. The molecule has 5 heteroatoms. The number of nitrogens with one attached hydrogen (secondary N) is 2. The first-order valence-corrected chi connectivity index (χ1v) is 6.31. The molecule has 100 valence electrons. The van der Waals surface area contributed by atoms with E-state index >= 15 is 0 Å². The Bertz CT molecular complexity index is 397. The number of halogens is 1. The number of ether oxygens (including phenoxy) is 1. The second-order valence-corrected chi connectivity index (χ2v) is 4.34. The topological polar surface area (TPSA) is 50.4 Å². The van der Waals surface area contributed by atoms with Crippen molar-refractivity contribution in [3.8, 4) is 5.75 Å². The zero-order chi connectivity index (χ0) is 13.4. The van der Waals surface area contributed by atoms with E-state index in [2.05, 4.69) is 10.6 Å². The van der Waals surface area contributed by atoms with Crippen molar-refractivity contribution in [1.29, 1.82) is 0 Å². The van der Waals surface area contributed by atoms with Gasteiger partial charge < -0.3 is 15.4 Å². The third-order valence-electron chi connectivity index (χ3n) is 2.47. The molecule has 1 aromatic carbocycles. The summed E-state index contributed by atoms with van der Waals surface area (Å²) in [6, 6.07) is 5.54. The second-order valence-electron chi connectivity index (χ2n) is 3.91. The molecule has 0 saturated carbocycles. The van der Waals surface area contributed by atoms with Gasteiger partial charge in [-0.15, -0.1) is 0 Å². The van der Waals surface area contributed by atoms with Crippen LogP contribution in [-0.4, -0.2) is 26.6 Å². The predicted octanol–water partition coefficient (Wildman–Crippen LogP) is 1.96. The normalized spacial score (nSPS) is 10.2. The van der Waals surface area contributed by atoms with E-state index in [9.17, 15) is 4.79 Å². The molecule has 0 unspecified atom stereocenters. The third kappa shape index (κ3) is 4.94. The van der Waals surface area contributed by atoms with Crippen LogP contribution in [-0.2, 0) is 11.3 Å². The van der Waals surface area contributed by atoms with Gasteiger partial charge in [-0.25, -0.2) is 0 Å². The van der Waals surface area contributed by atoms with Gasteiger partial charge in [0.2, 0.25) is 5.91 Å². The molecule has 0 aliphatic rings. The van der Waals surface area contributed by atoms with Crippen LogP contribution < -0.4 is 15.4 Å². The van der Waals surface area contributed by atoms with Crippen molar-refractivity contribution in [2.75, 3.05) is 20.7 Å². The molecule has 1 aromatic rings. The quantitative estimate of drug-likeness (QED) is 0.745. The van der Waals surface area contributed by atoms with Crippen molar-refractivity contribution in [2.45, 2.75) is 19.4 Å². The van der Waals surface area contributed by atoms with E-state index in [1.165, 1.54) is 0 Å². The van der Waals surface area contributed by atoms with E-state index in [1.54, 1.807) is 13.1 Å². The van der Waals surface area contributed by atoms with Crippen molar-refractivity contribution in [1.82, 2.24) is 10.6 Å². The summed E-state index contributed by atoms with van der Waals surface area (Å²) < 4.78 is 5.66. The zero-order valence-electron chi connectivity index (χ0n) is 10.8. The molecule has 2 N–H and O–H groups in total. The minimum absolute atomic E-state index is 0.0326. The van der Waals surface area contributed by atoms with Gasteiger partial charge in [-0.1, -0.05) is 11.6 Å². The molecule has 0 heterocycles. The number of hydrogen-bond acceptors (Lipinski definition) is 3. The maximum absolute atomic E-state index is 11.0. The van der Waals surface area contributed by atoms with E-state index in [4.69, 9.17) is 16.3 Å². The Morgan fingerprint density at radius 3 is 2.83 bits per heavy atom. The van der Waals surface area contributed by atoms with E-state index < -0.39 is 0 Å². The fourth-order valence-corrected chi connectivity index (χ4v) is 1.75. The van der Waals surface area contributed by atoms with E-state index in [0.29, 0.717) is 31.0 Å². The molecule has 0 radical (unpaired) electrons. The Kier molecular flexibility index (Phi) is 6.54. The van der Waals surface area contributed by atoms with Crippen LogP contribution in [0.3, 0.4) is 0 Å². The molecule has 0 spiro atoms. The van der Waals surface area contributed by atoms with Gasteiger partial charge in [-0.3, -0.25) is 4.79 Å². The van der Waals surface area contributed by atoms with Gasteiger partial charge >= 0.3 is 0 Å². The fraction of sp³-hybridized carbons (Fsp3) is 0.462. The van der Waals surface area contributed by atoms with E-state index in [1.807, 2.05) is 19.2 Å². The van der Waals surface area contributed by atoms with Crippen molar-refractivity contribution in [3.63, 3.8) is 0 Å². The van der Waals surface area contributed by atoms with Crippen molar-refractivity contribution in [2.24, 2.45) is 0 Å². The number of rotatable bonds is 7. The molecule has 0 fully saturated rings. The van der Waals surface area contributed by atoms with Crippen LogP contribution in [0.1, 0.15) is 18.4 Å². The van der Waals surface area contributed by atoms with E-state index in [-0.39, 0.29) is 5.91 Å². The molecule has 0 aromatic heterocycles. The minimum Gasteiger partial charge on any atom is -0.493 e. The van der Waals surface area contributed by atoms with Gasteiger partial charge in [0.1, 0.15) is 5.75 Å². The first kappa shape index (κ1) is 14.8.